The second kappa shape index (κ2) is 8.79. The molecule has 1 aliphatic carbocycles. The highest BCUT2D eigenvalue weighted by Crippen LogP contribution is 2.51. The van der Waals surface area contributed by atoms with Crippen LogP contribution < -0.4 is 5.32 Å². The maximum absolute atomic E-state index is 13.7. The minimum Gasteiger partial charge on any atom is -0.377 e. The summed E-state index contributed by atoms with van der Waals surface area (Å²) in [6.45, 7) is 7.18. The molecule has 0 spiro atoms. The Labute approximate surface area is 219 Å². The van der Waals surface area contributed by atoms with Crippen molar-refractivity contribution in [3.8, 4) is 0 Å². The van der Waals surface area contributed by atoms with E-state index in [9.17, 15) is 4.79 Å². The van der Waals surface area contributed by atoms with Gasteiger partial charge in [0.15, 0.2) is 0 Å². The Balaban J connectivity index is 1.31. The van der Waals surface area contributed by atoms with Crippen molar-refractivity contribution in [1.82, 2.24) is 9.47 Å². The van der Waals surface area contributed by atoms with Crippen molar-refractivity contribution in [2.45, 2.75) is 51.6 Å². The van der Waals surface area contributed by atoms with E-state index in [0.717, 1.165) is 50.1 Å². The van der Waals surface area contributed by atoms with Crippen LogP contribution in [0, 0.1) is 11.8 Å². The Morgan fingerprint density at radius 1 is 0.973 bits per heavy atom. The first-order valence-electron chi connectivity index (χ1n) is 14.0. The van der Waals surface area contributed by atoms with E-state index in [1.54, 1.807) is 0 Å². The van der Waals surface area contributed by atoms with Gasteiger partial charge in [0.2, 0.25) is 0 Å². The number of hydrogen-bond donors (Lipinski definition) is 1. The number of aromatic nitrogens is 1. The molecule has 4 aromatic rings. The summed E-state index contributed by atoms with van der Waals surface area (Å²) in [5.41, 5.74) is 7.04. The second-order valence-corrected chi connectivity index (χ2v) is 11.3. The molecule has 3 atom stereocenters. The zero-order valence-corrected chi connectivity index (χ0v) is 21.8. The van der Waals surface area contributed by atoms with Crippen LogP contribution in [0.25, 0.3) is 21.8 Å². The molecule has 0 radical (unpaired) electrons. The molecule has 2 aliphatic heterocycles. The highest BCUT2D eigenvalue weighted by Gasteiger charge is 2.40. The highest BCUT2D eigenvalue weighted by atomic mass is 16.2. The molecule has 1 saturated heterocycles. The maximum atomic E-state index is 13.7. The monoisotopic (exact) mass is 489 g/mol. The molecule has 1 aromatic heterocycles. The summed E-state index contributed by atoms with van der Waals surface area (Å²) in [5.74, 6) is 1.67. The largest absolute Gasteiger partial charge is 0.377 e. The number of nitrogens with one attached hydrogen (secondary N) is 1. The third-order valence-corrected chi connectivity index (χ3v) is 9.17. The molecule has 3 aliphatic rings. The first-order valence-corrected chi connectivity index (χ1v) is 14.0. The van der Waals surface area contributed by atoms with Crippen molar-refractivity contribution >= 4 is 33.4 Å². The van der Waals surface area contributed by atoms with Gasteiger partial charge in [-0.1, -0.05) is 55.5 Å². The summed E-state index contributed by atoms with van der Waals surface area (Å²) in [6, 6.07) is 22.2. The molecule has 7 rings (SSSR count). The van der Waals surface area contributed by atoms with Crippen LogP contribution in [0.4, 0.5) is 5.69 Å². The van der Waals surface area contributed by atoms with E-state index in [2.05, 4.69) is 95.4 Å². The molecule has 3 heterocycles. The van der Waals surface area contributed by atoms with Gasteiger partial charge in [-0.3, -0.25) is 4.79 Å². The van der Waals surface area contributed by atoms with E-state index in [4.69, 9.17) is 0 Å². The summed E-state index contributed by atoms with van der Waals surface area (Å²) in [6.07, 6.45) is 7.95. The topological polar surface area (TPSA) is 37.3 Å². The number of rotatable bonds is 3. The number of benzene rings is 3. The number of anilines is 1. The van der Waals surface area contributed by atoms with Crippen LogP contribution in [0.5, 0.6) is 0 Å². The van der Waals surface area contributed by atoms with Crippen molar-refractivity contribution in [2.75, 3.05) is 18.4 Å². The van der Waals surface area contributed by atoms with E-state index in [-0.39, 0.29) is 11.9 Å². The molecular weight excluding hydrogens is 454 g/mol. The number of hydrogen-bond acceptors (Lipinski definition) is 2. The number of nitrogens with zero attached hydrogens (tertiary/aromatic N) is 2. The zero-order chi connectivity index (χ0) is 25.1. The van der Waals surface area contributed by atoms with Crippen LogP contribution in [0.1, 0.15) is 66.6 Å². The van der Waals surface area contributed by atoms with Crippen LogP contribution in [0.2, 0.25) is 0 Å². The quantitative estimate of drug-likeness (QED) is 0.302. The zero-order valence-electron chi connectivity index (χ0n) is 21.8. The number of fused-ring (bicyclic) bond motifs is 6. The molecule has 1 N–H and O–H groups in total. The van der Waals surface area contributed by atoms with E-state index in [1.807, 2.05) is 6.07 Å². The Morgan fingerprint density at radius 3 is 2.62 bits per heavy atom. The van der Waals surface area contributed by atoms with E-state index in [0.29, 0.717) is 17.8 Å². The molecule has 1 amide bonds. The maximum Gasteiger partial charge on any atom is 0.255 e. The third kappa shape index (κ3) is 3.53. The van der Waals surface area contributed by atoms with Gasteiger partial charge in [0.1, 0.15) is 0 Å². The van der Waals surface area contributed by atoms with Gasteiger partial charge in [-0.15, -0.1) is 0 Å². The van der Waals surface area contributed by atoms with Gasteiger partial charge in [-0.05, 0) is 73.4 Å². The van der Waals surface area contributed by atoms with Crippen molar-refractivity contribution in [3.63, 3.8) is 0 Å². The Morgan fingerprint density at radius 2 is 1.78 bits per heavy atom. The number of allylic oxidation sites excluding steroid dienone is 2. The van der Waals surface area contributed by atoms with Crippen LogP contribution in [0.3, 0.4) is 0 Å². The Kier molecular flexibility index (Phi) is 5.38. The molecule has 4 nitrogen and oxygen atoms in total. The van der Waals surface area contributed by atoms with E-state index < -0.39 is 0 Å². The van der Waals surface area contributed by atoms with Crippen molar-refractivity contribution in [1.29, 1.82) is 0 Å². The SMILES string of the molecule is CCn1c2ccccc2c2cc(C3Nc4c(C(=O)N5CCC(C)CC5)cccc4C4C=CCC43)ccc21. The third-order valence-electron chi connectivity index (χ3n) is 9.17. The smallest absolute Gasteiger partial charge is 0.255 e. The fourth-order valence-electron chi connectivity index (χ4n) is 7.12. The van der Waals surface area contributed by atoms with Gasteiger partial charge in [-0.25, -0.2) is 0 Å². The summed E-state index contributed by atoms with van der Waals surface area (Å²) in [5, 5.41) is 6.55. The second-order valence-electron chi connectivity index (χ2n) is 11.3. The average Bonchev–Trinajstić information content (AvgIpc) is 3.55. The lowest BCUT2D eigenvalue weighted by Crippen LogP contribution is -2.39. The highest BCUT2D eigenvalue weighted by molar-refractivity contribution is 6.08. The predicted octanol–water partition coefficient (Wildman–Crippen LogP) is 7.51. The first kappa shape index (κ1) is 22.7. The number of carbonyl (C=O) groups is 1. The fraction of sp³-hybridized carbons (Fsp3) is 0.364. The summed E-state index contributed by atoms with van der Waals surface area (Å²) in [4.78, 5) is 15.8. The van der Waals surface area contributed by atoms with Crippen LogP contribution in [-0.4, -0.2) is 28.5 Å². The minimum absolute atomic E-state index is 0.163. The molecule has 1 fully saturated rings. The lowest BCUT2D eigenvalue weighted by molar-refractivity contribution is 0.0698. The van der Waals surface area contributed by atoms with Crippen molar-refractivity contribution in [2.24, 2.45) is 11.8 Å². The predicted molar refractivity (Wildman–Crippen MR) is 152 cm³/mol. The molecule has 188 valence electrons. The van der Waals surface area contributed by atoms with Gasteiger partial charge >= 0.3 is 0 Å². The number of likely N-dealkylation sites (tertiary alicyclic amines) is 1. The van der Waals surface area contributed by atoms with Gasteiger partial charge in [0, 0.05) is 47.4 Å². The number of amides is 1. The van der Waals surface area contributed by atoms with Crippen molar-refractivity contribution < 1.29 is 4.79 Å². The first-order chi connectivity index (χ1) is 18.1. The standard InChI is InChI=1S/C33H35N3O/c1-3-36-29-13-5-4-8-24(29)28-20-22(14-15-30(28)36)31-25-10-6-9-23(25)26-11-7-12-27(32(26)34-31)33(37)35-18-16-21(2)17-19-35/h4-9,11-15,20-21,23,25,31,34H,3,10,16-19H2,1-2H3. The lowest BCUT2D eigenvalue weighted by atomic mass is 9.76. The molecule has 0 bridgehead atoms. The Hall–Kier alpha value is -3.53. The number of aryl methyl sites for hydroxylation is 1. The van der Waals surface area contributed by atoms with Crippen LogP contribution in [0.15, 0.2) is 72.8 Å². The normalized spacial score (nSPS) is 23.3. The minimum atomic E-state index is 0.163. The van der Waals surface area contributed by atoms with E-state index >= 15 is 0 Å². The molecule has 37 heavy (non-hydrogen) atoms. The number of piperidine rings is 1. The molecule has 3 aromatic carbocycles. The van der Waals surface area contributed by atoms with Crippen LogP contribution in [-0.2, 0) is 6.54 Å². The van der Waals surface area contributed by atoms with E-state index in [1.165, 1.54) is 32.9 Å². The average molecular weight is 490 g/mol. The van der Waals surface area contributed by atoms with Gasteiger partial charge in [0.05, 0.1) is 17.3 Å². The molecule has 3 unspecified atom stereocenters. The summed E-state index contributed by atoms with van der Waals surface area (Å²) in [7, 11) is 0. The molecule has 4 heteroatoms. The molecular formula is C33H35N3O. The summed E-state index contributed by atoms with van der Waals surface area (Å²) < 4.78 is 2.41. The number of para-hydroxylation sites is 2. The van der Waals surface area contributed by atoms with Crippen LogP contribution >= 0.6 is 0 Å². The van der Waals surface area contributed by atoms with Gasteiger partial charge < -0.3 is 14.8 Å². The lowest BCUT2D eigenvalue weighted by Gasteiger charge is -2.39. The Bertz CT molecular complexity index is 1540. The van der Waals surface area contributed by atoms with Gasteiger partial charge in [0.25, 0.3) is 5.91 Å². The number of carbonyl (C=O) groups excluding carboxylic acids is 1. The molecule has 0 saturated carbocycles. The summed E-state index contributed by atoms with van der Waals surface area (Å²) >= 11 is 0. The fourth-order valence-corrected chi connectivity index (χ4v) is 7.12. The van der Waals surface area contributed by atoms with Crippen molar-refractivity contribution in [3.05, 3.63) is 89.5 Å². The van der Waals surface area contributed by atoms with Gasteiger partial charge in [-0.2, -0.15) is 0 Å².